The number of guanidine groups is 1. The molecule has 2 rings (SSSR count). The molecule has 0 unspecified atom stereocenters. The van der Waals surface area contributed by atoms with Crippen molar-refractivity contribution in [1.29, 1.82) is 0 Å². The van der Waals surface area contributed by atoms with E-state index in [9.17, 15) is 9.59 Å². The fourth-order valence-electron chi connectivity index (χ4n) is 2.42. The molecule has 1 heterocycles. The molecular weight excluding hydrogens is 392 g/mol. The van der Waals surface area contributed by atoms with Crippen molar-refractivity contribution in [2.24, 2.45) is 10.7 Å². The fourth-order valence-corrected chi connectivity index (χ4v) is 2.53. The van der Waals surface area contributed by atoms with Gasteiger partial charge in [0.15, 0.2) is 5.96 Å². The molecule has 0 atom stereocenters. The Morgan fingerprint density at radius 3 is 2.41 bits per heavy atom. The van der Waals surface area contributed by atoms with Gasteiger partial charge in [-0.25, -0.2) is 9.98 Å². The van der Waals surface area contributed by atoms with Gasteiger partial charge >= 0.3 is 0 Å². The lowest BCUT2D eigenvalue weighted by Crippen LogP contribution is -2.38. The lowest BCUT2D eigenvalue weighted by Gasteiger charge is -2.11. The van der Waals surface area contributed by atoms with E-state index in [0.717, 1.165) is 24.1 Å². The van der Waals surface area contributed by atoms with Crippen molar-refractivity contribution < 1.29 is 9.59 Å². The van der Waals surface area contributed by atoms with E-state index in [0.29, 0.717) is 29.8 Å². The van der Waals surface area contributed by atoms with E-state index in [1.54, 1.807) is 24.4 Å². The zero-order valence-corrected chi connectivity index (χ0v) is 17.0. The minimum Gasteiger partial charge on any atom is -0.368 e. The predicted molar refractivity (Wildman–Crippen MR) is 114 cm³/mol. The van der Waals surface area contributed by atoms with Gasteiger partial charge in [-0.15, -0.1) is 0 Å². The van der Waals surface area contributed by atoms with Crippen LogP contribution >= 0.6 is 11.6 Å². The summed E-state index contributed by atoms with van der Waals surface area (Å²) in [6, 6.07) is 10.7. The third-order valence-corrected chi connectivity index (χ3v) is 4.12. The summed E-state index contributed by atoms with van der Waals surface area (Å²) in [4.78, 5) is 31.2. The molecule has 0 aliphatic rings. The molecule has 154 valence electrons. The van der Waals surface area contributed by atoms with Crippen LogP contribution in [0.4, 0.5) is 0 Å². The highest BCUT2D eigenvalue weighted by Gasteiger charge is 2.06. The van der Waals surface area contributed by atoms with Crippen molar-refractivity contribution in [2.45, 2.75) is 19.9 Å². The number of aliphatic imine (C=N–C) groups is 1. The monoisotopic (exact) mass is 416 g/mol. The molecule has 1 aromatic carbocycles. The highest BCUT2D eigenvalue weighted by molar-refractivity contribution is 6.29. The van der Waals surface area contributed by atoms with E-state index >= 15 is 0 Å². The van der Waals surface area contributed by atoms with Crippen LogP contribution in [0.2, 0.25) is 5.15 Å². The van der Waals surface area contributed by atoms with Crippen molar-refractivity contribution in [2.75, 3.05) is 19.6 Å². The summed E-state index contributed by atoms with van der Waals surface area (Å²) < 4.78 is 0. The lowest BCUT2D eigenvalue weighted by molar-refractivity contribution is -0.117. The Morgan fingerprint density at radius 1 is 1.07 bits per heavy atom. The topological polar surface area (TPSA) is 122 Å². The third-order valence-electron chi connectivity index (χ3n) is 3.90. The standard InChI is InChI=1S/C20H25ClN6O2/c1-2-23-20(24-10-9-15-5-8-17(21)25-11-15)27-12-14-3-6-16(7-4-14)19(29)26-13-18(22)28/h3-8,11H,2,9-10,12-13H2,1H3,(H2,22,28)(H,26,29)(H2,23,24,27). The molecule has 0 spiro atoms. The second-order valence-electron chi connectivity index (χ2n) is 6.21. The van der Waals surface area contributed by atoms with Crippen LogP contribution in [0.5, 0.6) is 0 Å². The Morgan fingerprint density at radius 2 is 1.79 bits per heavy atom. The summed E-state index contributed by atoms with van der Waals surface area (Å²) in [7, 11) is 0. The number of carbonyl (C=O) groups is 2. The van der Waals surface area contributed by atoms with E-state index in [4.69, 9.17) is 17.3 Å². The first-order valence-corrected chi connectivity index (χ1v) is 9.63. The number of nitrogens with two attached hydrogens (primary N) is 1. The van der Waals surface area contributed by atoms with Gasteiger partial charge in [-0.1, -0.05) is 29.8 Å². The van der Waals surface area contributed by atoms with Crippen molar-refractivity contribution in [3.05, 3.63) is 64.4 Å². The van der Waals surface area contributed by atoms with Gasteiger partial charge in [-0.3, -0.25) is 9.59 Å². The molecule has 9 heteroatoms. The molecule has 2 amide bonds. The van der Waals surface area contributed by atoms with Gasteiger partial charge in [-0.05, 0) is 42.7 Å². The van der Waals surface area contributed by atoms with E-state index in [-0.39, 0.29) is 12.5 Å². The molecule has 29 heavy (non-hydrogen) atoms. The molecule has 8 nitrogen and oxygen atoms in total. The second-order valence-corrected chi connectivity index (χ2v) is 6.59. The van der Waals surface area contributed by atoms with Gasteiger partial charge in [0.1, 0.15) is 5.15 Å². The summed E-state index contributed by atoms with van der Waals surface area (Å²) in [6.45, 7) is 3.72. The first kappa shape index (κ1) is 22.2. The highest BCUT2D eigenvalue weighted by atomic mass is 35.5. The van der Waals surface area contributed by atoms with Crippen LogP contribution < -0.4 is 21.7 Å². The third kappa shape index (κ3) is 8.18. The first-order chi connectivity index (χ1) is 14.0. The molecule has 1 aromatic heterocycles. The molecule has 0 saturated heterocycles. The highest BCUT2D eigenvalue weighted by Crippen LogP contribution is 2.07. The smallest absolute Gasteiger partial charge is 0.251 e. The Labute approximate surface area is 175 Å². The maximum atomic E-state index is 11.9. The summed E-state index contributed by atoms with van der Waals surface area (Å²) in [5.74, 6) is -0.219. The predicted octanol–water partition coefficient (Wildman–Crippen LogP) is 1.25. The van der Waals surface area contributed by atoms with Gasteiger partial charge in [0.25, 0.3) is 5.91 Å². The van der Waals surface area contributed by atoms with Crippen LogP contribution in [-0.4, -0.2) is 42.4 Å². The van der Waals surface area contributed by atoms with E-state index in [1.807, 2.05) is 25.1 Å². The Hall–Kier alpha value is -3.13. The number of pyridine rings is 1. The van der Waals surface area contributed by atoms with Gasteiger partial charge in [0, 0.05) is 24.8 Å². The van der Waals surface area contributed by atoms with Crippen molar-refractivity contribution in [1.82, 2.24) is 20.9 Å². The lowest BCUT2D eigenvalue weighted by atomic mass is 10.1. The SMILES string of the molecule is CCNC(=NCc1ccc(C(=O)NCC(N)=O)cc1)NCCc1ccc(Cl)nc1. The first-order valence-electron chi connectivity index (χ1n) is 9.26. The maximum Gasteiger partial charge on any atom is 0.251 e. The maximum absolute atomic E-state index is 11.9. The Kier molecular flexibility index (Phi) is 8.91. The number of benzene rings is 1. The quantitative estimate of drug-likeness (QED) is 0.278. The number of primary amides is 1. The molecule has 0 radical (unpaired) electrons. The molecule has 0 aliphatic heterocycles. The summed E-state index contributed by atoms with van der Waals surface area (Å²) in [5.41, 5.74) is 7.52. The van der Waals surface area contributed by atoms with Crippen LogP contribution in [0.25, 0.3) is 0 Å². The largest absolute Gasteiger partial charge is 0.368 e. The number of halogens is 1. The Bertz CT molecular complexity index is 837. The van der Waals surface area contributed by atoms with Gasteiger partial charge in [0.05, 0.1) is 13.1 Å². The van der Waals surface area contributed by atoms with Crippen LogP contribution in [0.3, 0.4) is 0 Å². The van der Waals surface area contributed by atoms with E-state index in [1.165, 1.54) is 0 Å². The van der Waals surface area contributed by atoms with Crippen LogP contribution in [0, 0.1) is 0 Å². The summed E-state index contributed by atoms with van der Waals surface area (Å²) in [5, 5.41) is 9.41. The average Bonchev–Trinajstić information content (AvgIpc) is 2.72. The van der Waals surface area contributed by atoms with Gasteiger partial charge < -0.3 is 21.7 Å². The van der Waals surface area contributed by atoms with Gasteiger partial charge in [-0.2, -0.15) is 0 Å². The van der Waals surface area contributed by atoms with Crippen molar-refractivity contribution >= 4 is 29.4 Å². The van der Waals surface area contributed by atoms with Crippen molar-refractivity contribution in [3.8, 4) is 0 Å². The zero-order valence-electron chi connectivity index (χ0n) is 16.2. The van der Waals surface area contributed by atoms with Crippen LogP contribution in [0.15, 0.2) is 47.6 Å². The number of aromatic nitrogens is 1. The number of nitrogens with zero attached hydrogens (tertiary/aromatic N) is 2. The number of nitrogens with one attached hydrogen (secondary N) is 3. The second kappa shape index (κ2) is 11.7. The van der Waals surface area contributed by atoms with Crippen LogP contribution in [0.1, 0.15) is 28.4 Å². The van der Waals surface area contributed by atoms with Crippen LogP contribution in [-0.2, 0) is 17.8 Å². The number of amides is 2. The normalized spacial score (nSPS) is 11.0. The van der Waals surface area contributed by atoms with Gasteiger partial charge in [0.2, 0.25) is 5.91 Å². The number of hydrogen-bond acceptors (Lipinski definition) is 4. The number of rotatable bonds is 9. The molecule has 0 aliphatic carbocycles. The minimum atomic E-state index is -0.583. The van der Waals surface area contributed by atoms with E-state index < -0.39 is 5.91 Å². The zero-order chi connectivity index (χ0) is 21.1. The minimum absolute atomic E-state index is 0.186. The summed E-state index contributed by atoms with van der Waals surface area (Å²) in [6.07, 6.45) is 2.55. The molecule has 0 bridgehead atoms. The molecule has 0 saturated carbocycles. The average molecular weight is 417 g/mol. The number of hydrogen-bond donors (Lipinski definition) is 4. The molecule has 5 N–H and O–H groups in total. The molecule has 2 aromatic rings. The van der Waals surface area contributed by atoms with E-state index in [2.05, 4.69) is 25.9 Å². The molecule has 0 fully saturated rings. The Balaban J connectivity index is 1.87. The molecular formula is C20H25ClN6O2. The van der Waals surface area contributed by atoms with Crippen molar-refractivity contribution in [3.63, 3.8) is 0 Å². The number of carbonyl (C=O) groups excluding carboxylic acids is 2. The summed E-state index contributed by atoms with van der Waals surface area (Å²) >= 11 is 5.80. The fraction of sp³-hybridized carbons (Fsp3) is 0.300.